The molecular formula is C35H55N10O18P3S. The van der Waals surface area contributed by atoms with Gasteiger partial charge in [-0.15, -0.1) is 0 Å². The normalized spacial score (nSPS) is 24.4. The molecule has 28 nitrogen and oxygen atoms in total. The van der Waals surface area contributed by atoms with Crippen LogP contribution in [0.25, 0.3) is 11.2 Å². The fourth-order valence-electron chi connectivity index (χ4n) is 6.69. The number of rotatable bonds is 25. The fraction of sp³-hybridized carbons (Fsp3) is 0.600. The van der Waals surface area contributed by atoms with Crippen molar-refractivity contribution < 1.29 is 85.2 Å². The van der Waals surface area contributed by atoms with Crippen LogP contribution in [-0.4, -0.2) is 147 Å². The SMILES string of the molecule is CC(C)(COP(=O)(O)OP(=O)(O)OC[C@H]1O[C@@H](n2cnc3c(N)ncnc32)[C@H](O)[C@@H]1OP(=O)(O)O)[C@@H](O)C(=O)NCCC(=O)NCCSCC(=O)NCc1ccc(O[C@H]2C[C@H](N)C[C@@H]2N)cc1. The van der Waals surface area contributed by atoms with Gasteiger partial charge in [0.25, 0.3) is 0 Å². The molecule has 3 amide bonds. The fourth-order valence-corrected chi connectivity index (χ4v) is 10.2. The maximum atomic E-state index is 12.7. The molecule has 10 atom stereocenters. The molecule has 1 saturated heterocycles. The number of ether oxygens (including phenoxy) is 2. The Morgan fingerprint density at radius 2 is 1.67 bits per heavy atom. The summed E-state index contributed by atoms with van der Waals surface area (Å²) < 4.78 is 68.3. The van der Waals surface area contributed by atoms with E-state index in [1.165, 1.54) is 25.6 Å². The van der Waals surface area contributed by atoms with Crippen LogP contribution in [0.4, 0.5) is 5.82 Å². The summed E-state index contributed by atoms with van der Waals surface area (Å²) in [7, 11) is -16.4. The predicted molar refractivity (Wildman–Crippen MR) is 235 cm³/mol. The molecule has 1 aliphatic heterocycles. The van der Waals surface area contributed by atoms with Crippen molar-refractivity contribution in [1.29, 1.82) is 0 Å². The van der Waals surface area contributed by atoms with Crippen LogP contribution in [0, 0.1) is 5.41 Å². The molecule has 67 heavy (non-hydrogen) atoms. The van der Waals surface area contributed by atoms with E-state index < -0.39 is 84.6 Å². The molecule has 1 saturated carbocycles. The first-order valence-electron chi connectivity index (χ1n) is 20.3. The molecule has 1 aliphatic carbocycles. The number of hydrogen-bond donors (Lipinski definition) is 12. The second-order valence-corrected chi connectivity index (χ2v) is 21.4. The molecular weight excluding hydrogens is 973 g/mol. The Labute approximate surface area is 386 Å². The molecule has 15 N–H and O–H groups in total. The summed E-state index contributed by atoms with van der Waals surface area (Å²) in [5.74, 6) is -0.431. The van der Waals surface area contributed by atoms with E-state index in [9.17, 15) is 57.9 Å². The van der Waals surface area contributed by atoms with Crippen LogP contribution in [0.2, 0.25) is 0 Å². The minimum Gasteiger partial charge on any atom is -0.489 e. The number of fused-ring (bicyclic) bond motifs is 1. The molecule has 1 aromatic carbocycles. The van der Waals surface area contributed by atoms with Gasteiger partial charge in [0.05, 0.1) is 25.3 Å². The lowest BCUT2D eigenvalue weighted by Gasteiger charge is -2.30. The van der Waals surface area contributed by atoms with Crippen molar-refractivity contribution in [3.8, 4) is 5.75 Å². The van der Waals surface area contributed by atoms with Crippen molar-refractivity contribution in [3.63, 3.8) is 0 Å². The van der Waals surface area contributed by atoms with E-state index in [1.54, 1.807) is 0 Å². The Morgan fingerprint density at radius 1 is 0.970 bits per heavy atom. The van der Waals surface area contributed by atoms with Gasteiger partial charge < -0.3 is 72.4 Å². The van der Waals surface area contributed by atoms with E-state index in [2.05, 4.69) is 39.7 Å². The number of nitrogens with zero attached hydrogens (tertiary/aromatic N) is 4. The number of phosphoric ester groups is 3. The highest BCUT2D eigenvalue weighted by atomic mass is 32.2. The van der Waals surface area contributed by atoms with Gasteiger partial charge in [0.1, 0.15) is 48.1 Å². The van der Waals surface area contributed by atoms with Crippen LogP contribution < -0.4 is 37.9 Å². The van der Waals surface area contributed by atoms with Crippen molar-refractivity contribution in [3.05, 3.63) is 42.5 Å². The minimum atomic E-state index is -5.59. The number of phosphoric acid groups is 3. The highest BCUT2D eigenvalue weighted by Crippen LogP contribution is 2.61. The van der Waals surface area contributed by atoms with Crippen molar-refractivity contribution in [1.82, 2.24) is 35.5 Å². The van der Waals surface area contributed by atoms with Gasteiger partial charge in [0.15, 0.2) is 17.7 Å². The van der Waals surface area contributed by atoms with Gasteiger partial charge in [-0.05, 0) is 24.1 Å². The highest BCUT2D eigenvalue weighted by molar-refractivity contribution is 7.99. The Morgan fingerprint density at radius 3 is 2.34 bits per heavy atom. The summed E-state index contributed by atoms with van der Waals surface area (Å²) in [6.07, 6.45) is -5.72. The Balaban J connectivity index is 0.967. The van der Waals surface area contributed by atoms with Crippen molar-refractivity contribution >= 4 is 69.9 Å². The number of benzene rings is 1. The molecule has 2 unspecified atom stereocenters. The maximum Gasteiger partial charge on any atom is 0.481 e. The number of imidazole rings is 1. The van der Waals surface area contributed by atoms with Gasteiger partial charge >= 0.3 is 23.5 Å². The molecule has 3 aromatic rings. The van der Waals surface area contributed by atoms with Crippen LogP contribution in [0.5, 0.6) is 5.75 Å². The smallest absolute Gasteiger partial charge is 0.481 e. The number of carbonyl (C=O) groups is 3. The lowest BCUT2D eigenvalue weighted by molar-refractivity contribution is -0.137. The number of hydrogen-bond acceptors (Lipinski definition) is 21. The number of amides is 3. The summed E-state index contributed by atoms with van der Waals surface area (Å²) in [5.41, 5.74) is 17.1. The number of nitrogens with two attached hydrogens (primary N) is 3. The van der Waals surface area contributed by atoms with E-state index in [0.29, 0.717) is 30.9 Å². The zero-order valence-corrected chi connectivity index (χ0v) is 39.5. The second kappa shape index (κ2) is 23.3. The Kier molecular flexibility index (Phi) is 18.8. The summed E-state index contributed by atoms with van der Waals surface area (Å²) in [5, 5.41) is 29.4. The van der Waals surface area contributed by atoms with E-state index >= 15 is 0 Å². The summed E-state index contributed by atoms with van der Waals surface area (Å²) in [6, 6.07) is 7.22. The van der Waals surface area contributed by atoms with Gasteiger partial charge in [-0.2, -0.15) is 16.1 Å². The third-order valence-corrected chi connectivity index (χ3v) is 14.2. The van der Waals surface area contributed by atoms with Gasteiger partial charge in [-0.3, -0.25) is 32.5 Å². The average Bonchev–Trinajstić information content (AvgIpc) is 3.91. The van der Waals surface area contributed by atoms with Gasteiger partial charge in [-0.25, -0.2) is 28.6 Å². The third-order valence-electron chi connectivity index (χ3n) is 10.2. The molecule has 5 rings (SSSR count). The number of nitrogens with one attached hydrogen (secondary N) is 3. The van der Waals surface area contributed by atoms with E-state index in [1.807, 2.05) is 24.3 Å². The van der Waals surface area contributed by atoms with Crippen LogP contribution in [0.3, 0.4) is 0 Å². The summed E-state index contributed by atoms with van der Waals surface area (Å²) in [6.45, 7) is 0.791. The van der Waals surface area contributed by atoms with Gasteiger partial charge in [0, 0.05) is 55.7 Å². The number of anilines is 1. The molecule has 2 aliphatic rings. The number of aliphatic hydroxyl groups excluding tert-OH is 2. The highest BCUT2D eigenvalue weighted by Gasteiger charge is 2.50. The third kappa shape index (κ3) is 16.2. The number of thioether (sulfide) groups is 1. The zero-order valence-electron chi connectivity index (χ0n) is 36.0. The Hall–Kier alpha value is -3.70. The first kappa shape index (κ1) is 54.2. The number of aromatic nitrogens is 4. The summed E-state index contributed by atoms with van der Waals surface area (Å²) in [4.78, 5) is 88.4. The van der Waals surface area contributed by atoms with Crippen LogP contribution >= 0.6 is 35.2 Å². The quantitative estimate of drug-likeness (QED) is 0.0345. The van der Waals surface area contributed by atoms with Crippen molar-refractivity contribution in [2.45, 2.75) is 88.5 Å². The van der Waals surface area contributed by atoms with E-state index in [4.69, 9.17) is 35.7 Å². The molecule has 2 fully saturated rings. The lowest BCUT2D eigenvalue weighted by atomic mass is 9.87. The number of carbonyl (C=O) groups excluding carboxylic acids is 3. The van der Waals surface area contributed by atoms with Crippen LogP contribution in [0.1, 0.15) is 44.9 Å². The molecule has 0 bridgehead atoms. The number of aliphatic hydroxyl groups is 2. The molecule has 0 spiro atoms. The number of nitrogen functional groups attached to an aromatic ring is 1. The average molecular weight is 1030 g/mol. The Bertz CT molecular complexity index is 2330. The van der Waals surface area contributed by atoms with Crippen LogP contribution in [0.15, 0.2) is 36.9 Å². The molecule has 3 heterocycles. The van der Waals surface area contributed by atoms with E-state index in [-0.39, 0.29) is 66.3 Å². The first-order chi connectivity index (χ1) is 31.3. The lowest BCUT2D eigenvalue weighted by Crippen LogP contribution is -2.46. The molecule has 32 heteroatoms. The predicted octanol–water partition coefficient (Wildman–Crippen LogP) is -1.35. The maximum absolute atomic E-state index is 12.7. The second-order valence-electron chi connectivity index (χ2n) is 16.1. The summed E-state index contributed by atoms with van der Waals surface area (Å²) >= 11 is 1.30. The van der Waals surface area contributed by atoms with Gasteiger partial charge in [0.2, 0.25) is 17.7 Å². The van der Waals surface area contributed by atoms with Crippen molar-refractivity contribution in [2.75, 3.05) is 43.5 Å². The first-order valence-corrected chi connectivity index (χ1v) is 26.0. The standard InChI is InChI=1S/C35H55N10O18P3S/c1-35(2,30(49)33(50)40-8-7-25(46)39-9-10-67-15-26(47)41-13-19-3-5-21(6-4-19)60-23-12-20(36)11-22(23)37)16-59-66(56,57)63-65(54,55)58-14-24-29(62-64(51,52)53)28(48)34(61-24)45-18-44-27-31(38)42-17-43-32(27)45/h3-6,17-18,20,22-24,28-30,34,48-49H,7-16,36-37H2,1-2H3,(H,39,46)(H,40,50)(H,41,47)(H,54,55)(H,56,57)(H2,38,42,43)(H2,51,52,53)/t20-,22+,23+,24-,28-,29-,30+,34-/m1/s1. The molecule has 0 radical (unpaired) electrons. The topological polar surface area (TPSA) is 437 Å². The van der Waals surface area contributed by atoms with Crippen molar-refractivity contribution in [2.24, 2.45) is 16.9 Å². The van der Waals surface area contributed by atoms with Crippen LogP contribution in [-0.2, 0) is 57.2 Å². The molecule has 2 aromatic heterocycles. The minimum absolute atomic E-state index is 0.0240. The molecule has 374 valence electrons. The van der Waals surface area contributed by atoms with E-state index in [0.717, 1.165) is 22.8 Å². The zero-order chi connectivity index (χ0) is 49.3. The largest absolute Gasteiger partial charge is 0.489 e. The monoisotopic (exact) mass is 1030 g/mol. The van der Waals surface area contributed by atoms with Gasteiger partial charge in [-0.1, -0.05) is 26.0 Å².